The number of piperidine rings is 1. The molecule has 46 heavy (non-hydrogen) atoms. The van der Waals surface area contributed by atoms with Crippen molar-refractivity contribution in [2.45, 2.75) is 39.5 Å². The van der Waals surface area contributed by atoms with E-state index in [9.17, 15) is 19.8 Å². The van der Waals surface area contributed by atoms with Gasteiger partial charge in [-0.3, -0.25) is 9.59 Å². The second-order valence-electron chi connectivity index (χ2n) is 11.6. The van der Waals surface area contributed by atoms with Gasteiger partial charge in [0.1, 0.15) is 11.5 Å². The quantitative estimate of drug-likeness (QED) is 0.204. The number of carboxylic acids is 1. The Balaban J connectivity index is 1.20. The predicted octanol–water partition coefficient (Wildman–Crippen LogP) is 3.53. The van der Waals surface area contributed by atoms with Crippen LogP contribution in [0.4, 0.5) is 23.5 Å². The predicted molar refractivity (Wildman–Crippen MR) is 177 cm³/mol. The first-order valence-corrected chi connectivity index (χ1v) is 16.1. The van der Waals surface area contributed by atoms with Crippen molar-refractivity contribution in [2.75, 3.05) is 79.0 Å². The summed E-state index contributed by atoms with van der Waals surface area (Å²) in [4.78, 5) is 44.9. The van der Waals surface area contributed by atoms with Crippen LogP contribution in [0.3, 0.4) is 0 Å². The highest BCUT2D eigenvalue weighted by molar-refractivity contribution is 5.97. The number of anilines is 4. The van der Waals surface area contributed by atoms with E-state index in [1.165, 1.54) is 0 Å². The molecular formula is C33H44N8O5. The molecule has 0 aliphatic carbocycles. The number of aromatic nitrogens is 3. The topological polar surface area (TPSA) is 156 Å². The van der Waals surface area contributed by atoms with Crippen molar-refractivity contribution in [3.63, 3.8) is 0 Å². The van der Waals surface area contributed by atoms with Gasteiger partial charge in [-0.05, 0) is 63.3 Å². The van der Waals surface area contributed by atoms with Crippen LogP contribution in [0.25, 0.3) is 0 Å². The summed E-state index contributed by atoms with van der Waals surface area (Å²) in [6.45, 7) is 9.56. The lowest BCUT2D eigenvalue weighted by molar-refractivity contribution is -0.142. The van der Waals surface area contributed by atoms with Gasteiger partial charge < -0.3 is 40.3 Å². The third kappa shape index (κ3) is 8.06. The largest absolute Gasteiger partial charge is 0.507 e. The Morgan fingerprint density at radius 2 is 1.52 bits per heavy atom. The number of carbonyl (C=O) groups excluding carboxylic acids is 1. The van der Waals surface area contributed by atoms with E-state index in [1.54, 1.807) is 25.1 Å². The van der Waals surface area contributed by atoms with Gasteiger partial charge in [-0.2, -0.15) is 15.0 Å². The summed E-state index contributed by atoms with van der Waals surface area (Å²) in [6.07, 6.45) is 2.58. The number of piperazine rings is 1. The number of nitrogens with zero attached hydrogens (tertiary/aromatic N) is 6. The number of phenolic OH excluding ortho intramolecular Hbond substituents is 1. The highest BCUT2D eigenvalue weighted by Crippen LogP contribution is 2.30. The number of aromatic hydroxyl groups is 1. The molecule has 1 amide bonds. The van der Waals surface area contributed by atoms with Gasteiger partial charge in [0.05, 0.1) is 23.8 Å². The zero-order valence-corrected chi connectivity index (χ0v) is 26.6. The number of nitrogens with one attached hydrogen (secondary N) is 2. The monoisotopic (exact) mass is 632 g/mol. The van der Waals surface area contributed by atoms with Crippen molar-refractivity contribution >= 4 is 35.4 Å². The van der Waals surface area contributed by atoms with Crippen LogP contribution in [0.1, 0.15) is 48.5 Å². The van der Waals surface area contributed by atoms with Crippen molar-refractivity contribution in [1.82, 2.24) is 20.3 Å². The third-order valence-corrected chi connectivity index (χ3v) is 8.46. The number of hydrogen-bond acceptors (Lipinski definition) is 11. The molecule has 2 fully saturated rings. The van der Waals surface area contributed by atoms with E-state index in [0.29, 0.717) is 69.0 Å². The molecule has 5 rings (SSSR count). The maximum atomic E-state index is 12.5. The molecular weight excluding hydrogens is 588 g/mol. The zero-order valence-electron chi connectivity index (χ0n) is 26.6. The Morgan fingerprint density at radius 1 is 0.870 bits per heavy atom. The lowest BCUT2D eigenvalue weighted by Gasteiger charge is -2.37. The number of para-hydroxylation sites is 3. The van der Waals surface area contributed by atoms with Gasteiger partial charge in [-0.1, -0.05) is 24.3 Å². The number of hydrogen-bond donors (Lipinski definition) is 4. The molecule has 13 heteroatoms. The summed E-state index contributed by atoms with van der Waals surface area (Å²) in [6, 6.07) is 13.2. The second kappa shape index (κ2) is 15.5. The first-order valence-electron chi connectivity index (χ1n) is 16.1. The molecule has 0 spiro atoms. The van der Waals surface area contributed by atoms with Crippen molar-refractivity contribution in [2.24, 2.45) is 5.92 Å². The fourth-order valence-corrected chi connectivity index (χ4v) is 5.78. The maximum Gasteiger partial charge on any atom is 0.306 e. The molecule has 246 valence electrons. The number of rotatable bonds is 13. The molecule has 0 bridgehead atoms. The van der Waals surface area contributed by atoms with Crippen molar-refractivity contribution in [3.05, 3.63) is 53.6 Å². The molecule has 2 saturated heterocycles. The highest BCUT2D eigenvalue weighted by Gasteiger charge is 2.28. The zero-order chi connectivity index (χ0) is 32.5. The number of carboxylic acid groups (broad SMARTS) is 1. The van der Waals surface area contributed by atoms with Crippen molar-refractivity contribution in [1.29, 1.82) is 0 Å². The number of phenols is 1. The minimum absolute atomic E-state index is 0.00652. The average molecular weight is 633 g/mol. The first kappa shape index (κ1) is 32.6. The Hall–Kier alpha value is -4.81. The molecule has 1 aromatic heterocycles. The summed E-state index contributed by atoms with van der Waals surface area (Å²) >= 11 is 0. The van der Waals surface area contributed by atoms with E-state index < -0.39 is 5.97 Å². The van der Waals surface area contributed by atoms with E-state index in [1.807, 2.05) is 30.0 Å². The summed E-state index contributed by atoms with van der Waals surface area (Å²) in [5, 5.41) is 25.8. The molecule has 0 saturated carbocycles. The Bertz CT molecular complexity index is 1490. The molecule has 3 aromatic rings. The van der Waals surface area contributed by atoms with E-state index >= 15 is 0 Å². The van der Waals surface area contributed by atoms with Gasteiger partial charge in [0.25, 0.3) is 5.91 Å². The van der Waals surface area contributed by atoms with Gasteiger partial charge >= 0.3 is 5.97 Å². The molecule has 4 N–H and O–H groups in total. The minimum atomic E-state index is -0.756. The normalized spacial score (nSPS) is 15.5. The van der Waals surface area contributed by atoms with Crippen molar-refractivity contribution in [3.8, 4) is 11.5 Å². The summed E-state index contributed by atoms with van der Waals surface area (Å²) in [5.41, 5.74) is 2.01. The number of unbranched alkanes of at least 4 members (excludes halogenated alkanes) is 1. The summed E-state index contributed by atoms with van der Waals surface area (Å²) < 4.78 is 5.86. The van der Waals surface area contributed by atoms with Crippen LogP contribution in [-0.4, -0.2) is 96.0 Å². The van der Waals surface area contributed by atoms with Crippen LogP contribution in [0.5, 0.6) is 11.5 Å². The first-order chi connectivity index (χ1) is 22.3. The molecule has 3 heterocycles. The molecule has 0 radical (unpaired) electrons. The average Bonchev–Trinajstić information content (AvgIpc) is 3.08. The number of amides is 1. The fraction of sp³-hybridized carbons (Fsp3) is 0.485. The van der Waals surface area contributed by atoms with Crippen LogP contribution >= 0.6 is 0 Å². The van der Waals surface area contributed by atoms with Gasteiger partial charge in [0, 0.05) is 52.4 Å². The van der Waals surface area contributed by atoms with E-state index in [0.717, 1.165) is 50.5 Å². The number of aliphatic carboxylic acids is 1. The summed E-state index contributed by atoms with van der Waals surface area (Å²) in [5.74, 6) is 1.10. The lowest BCUT2D eigenvalue weighted by Crippen LogP contribution is -2.47. The molecule has 0 unspecified atom stereocenters. The van der Waals surface area contributed by atoms with Crippen LogP contribution in [0, 0.1) is 12.8 Å². The van der Waals surface area contributed by atoms with Crippen LogP contribution in [0.2, 0.25) is 0 Å². The minimum Gasteiger partial charge on any atom is -0.507 e. The fourth-order valence-electron chi connectivity index (χ4n) is 5.78. The molecule has 2 aromatic carbocycles. The third-order valence-electron chi connectivity index (χ3n) is 8.46. The van der Waals surface area contributed by atoms with E-state index in [2.05, 4.69) is 26.5 Å². The van der Waals surface area contributed by atoms with E-state index in [4.69, 9.17) is 19.7 Å². The van der Waals surface area contributed by atoms with Crippen molar-refractivity contribution < 1.29 is 24.5 Å². The Kier molecular flexibility index (Phi) is 10.9. The number of benzene rings is 2. The SMILES string of the molecule is CCOc1ccccc1N1CCN(c2nc(NCCCCNC(=O)c3cccc(C)c3O)nc(N3CCC(C(=O)O)CC3)n2)CC1. The molecule has 2 aliphatic rings. The highest BCUT2D eigenvalue weighted by atomic mass is 16.5. The molecule has 0 atom stereocenters. The number of ether oxygens (including phenoxy) is 1. The van der Waals surface area contributed by atoms with Gasteiger partial charge in [0.15, 0.2) is 0 Å². The lowest BCUT2D eigenvalue weighted by atomic mass is 9.97. The van der Waals surface area contributed by atoms with Gasteiger partial charge in [-0.25, -0.2) is 0 Å². The van der Waals surface area contributed by atoms with Crippen LogP contribution in [0.15, 0.2) is 42.5 Å². The standard InChI is InChI=1S/C33H44N8O5/c1-3-46-27-12-5-4-11-26(27)39-19-21-41(22-20-39)33-37-31(36-32(38-33)40-17-13-24(14-18-40)30(44)45)35-16-7-6-15-34-29(43)25-10-8-9-23(2)28(25)42/h4-5,8-12,24,42H,3,6-7,13-22H2,1-2H3,(H,34,43)(H,44,45)(H,35,36,37,38). The number of aryl methyl sites for hydroxylation is 1. The number of carbonyl (C=O) groups is 2. The smallest absolute Gasteiger partial charge is 0.306 e. The van der Waals surface area contributed by atoms with Crippen LogP contribution < -0.4 is 30.1 Å². The molecule has 13 nitrogen and oxygen atoms in total. The van der Waals surface area contributed by atoms with E-state index in [-0.39, 0.29) is 23.1 Å². The Morgan fingerprint density at radius 3 is 2.22 bits per heavy atom. The van der Waals surface area contributed by atoms with Gasteiger partial charge in [-0.15, -0.1) is 0 Å². The van der Waals surface area contributed by atoms with Gasteiger partial charge in [0.2, 0.25) is 17.8 Å². The summed E-state index contributed by atoms with van der Waals surface area (Å²) in [7, 11) is 0. The molecule has 2 aliphatic heterocycles. The Labute approximate surface area is 269 Å². The maximum absolute atomic E-state index is 12.5. The van der Waals surface area contributed by atoms with Crippen LogP contribution in [-0.2, 0) is 4.79 Å². The second-order valence-corrected chi connectivity index (χ2v) is 11.6.